The maximum atomic E-state index is 12.9. The summed E-state index contributed by atoms with van der Waals surface area (Å²) in [5.41, 5.74) is 3.95. The summed E-state index contributed by atoms with van der Waals surface area (Å²) in [4.78, 5) is 18.6. The number of rotatable bonds is 7. The summed E-state index contributed by atoms with van der Waals surface area (Å²) in [7, 11) is -2.10. The second-order valence-electron chi connectivity index (χ2n) is 7.64. The predicted molar refractivity (Wildman–Crippen MR) is 119 cm³/mol. The lowest BCUT2D eigenvalue weighted by atomic mass is 10.1. The number of aromatic nitrogens is 2. The van der Waals surface area contributed by atoms with Crippen LogP contribution < -0.4 is 4.31 Å². The first-order valence-electron chi connectivity index (χ1n) is 9.74. The Labute approximate surface area is 182 Å². The highest BCUT2D eigenvalue weighted by Crippen LogP contribution is 2.28. The van der Waals surface area contributed by atoms with Crippen molar-refractivity contribution in [3.8, 4) is 11.4 Å². The first kappa shape index (κ1) is 22.5. The number of benzene rings is 2. The Bertz CT molecular complexity index is 1170. The summed E-state index contributed by atoms with van der Waals surface area (Å²) in [6.45, 7) is 5.37. The van der Waals surface area contributed by atoms with Crippen LogP contribution >= 0.6 is 0 Å². The number of amides is 1. The van der Waals surface area contributed by atoms with E-state index in [1.165, 1.54) is 4.90 Å². The van der Waals surface area contributed by atoms with Crippen LogP contribution in [0.4, 0.5) is 5.69 Å². The monoisotopic (exact) mass is 442 g/mol. The van der Waals surface area contributed by atoms with Crippen molar-refractivity contribution in [1.82, 2.24) is 15.0 Å². The van der Waals surface area contributed by atoms with Crippen molar-refractivity contribution < 1.29 is 17.7 Å². The minimum Gasteiger partial charge on any atom is -0.337 e. The van der Waals surface area contributed by atoms with E-state index in [4.69, 9.17) is 4.52 Å². The number of sulfonamides is 1. The van der Waals surface area contributed by atoms with Crippen molar-refractivity contribution >= 4 is 21.6 Å². The number of carbonyl (C=O) groups excluding carboxylic acids is 1. The largest absolute Gasteiger partial charge is 0.337 e. The lowest BCUT2D eigenvalue weighted by Crippen LogP contribution is -2.41. The van der Waals surface area contributed by atoms with Gasteiger partial charge in [0, 0.05) is 12.6 Å². The van der Waals surface area contributed by atoms with E-state index in [2.05, 4.69) is 10.1 Å². The Kier molecular flexibility index (Phi) is 6.45. The molecule has 8 nitrogen and oxygen atoms in total. The van der Waals surface area contributed by atoms with Crippen LogP contribution in [0, 0.1) is 20.8 Å². The Hall–Kier alpha value is -3.20. The topological polar surface area (TPSA) is 96.6 Å². The fourth-order valence-corrected chi connectivity index (χ4v) is 4.45. The Morgan fingerprint density at radius 1 is 1.06 bits per heavy atom. The molecular weight excluding hydrogens is 416 g/mol. The van der Waals surface area contributed by atoms with Gasteiger partial charge in [0.2, 0.25) is 27.6 Å². The molecule has 31 heavy (non-hydrogen) atoms. The van der Waals surface area contributed by atoms with Gasteiger partial charge in [0.1, 0.15) is 6.54 Å². The zero-order valence-electron chi connectivity index (χ0n) is 18.3. The lowest BCUT2D eigenvalue weighted by Gasteiger charge is -2.27. The summed E-state index contributed by atoms with van der Waals surface area (Å²) in [6, 6.07) is 13.2. The molecule has 0 aliphatic rings. The Morgan fingerprint density at radius 2 is 1.68 bits per heavy atom. The maximum absolute atomic E-state index is 12.9. The van der Waals surface area contributed by atoms with Gasteiger partial charge in [-0.1, -0.05) is 53.2 Å². The molecule has 164 valence electrons. The van der Waals surface area contributed by atoms with Crippen molar-refractivity contribution in [2.45, 2.75) is 27.3 Å². The van der Waals surface area contributed by atoms with E-state index in [0.29, 0.717) is 11.5 Å². The van der Waals surface area contributed by atoms with Crippen LogP contribution in [0.2, 0.25) is 0 Å². The van der Waals surface area contributed by atoms with Crippen LogP contribution in [-0.4, -0.2) is 49.2 Å². The normalized spacial score (nSPS) is 11.4. The quantitative estimate of drug-likeness (QED) is 0.558. The van der Waals surface area contributed by atoms with Crippen LogP contribution in [0.5, 0.6) is 0 Å². The van der Waals surface area contributed by atoms with Crippen molar-refractivity contribution in [3.05, 3.63) is 65.0 Å². The van der Waals surface area contributed by atoms with E-state index in [0.717, 1.165) is 32.8 Å². The van der Waals surface area contributed by atoms with Gasteiger partial charge in [0.25, 0.3) is 0 Å². The molecule has 0 N–H and O–H groups in total. The van der Waals surface area contributed by atoms with E-state index in [-0.39, 0.29) is 24.9 Å². The Balaban J connectivity index is 1.78. The molecule has 0 unspecified atom stereocenters. The van der Waals surface area contributed by atoms with E-state index < -0.39 is 10.0 Å². The van der Waals surface area contributed by atoms with Gasteiger partial charge in [0.15, 0.2) is 0 Å². The third-order valence-electron chi connectivity index (χ3n) is 4.86. The van der Waals surface area contributed by atoms with E-state index in [9.17, 15) is 13.2 Å². The van der Waals surface area contributed by atoms with Crippen LogP contribution in [0.1, 0.15) is 22.6 Å². The van der Waals surface area contributed by atoms with Crippen molar-refractivity contribution in [2.24, 2.45) is 0 Å². The molecular formula is C22H26N4O4S. The van der Waals surface area contributed by atoms with Crippen molar-refractivity contribution in [3.63, 3.8) is 0 Å². The number of aryl methyl sites for hydroxylation is 3. The minimum absolute atomic E-state index is 0.0716. The van der Waals surface area contributed by atoms with Crippen LogP contribution in [0.15, 0.2) is 47.0 Å². The molecule has 0 saturated carbocycles. The average molecular weight is 443 g/mol. The summed E-state index contributed by atoms with van der Waals surface area (Å²) in [5, 5.41) is 3.95. The first-order chi connectivity index (χ1) is 14.6. The highest BCUT2D eigenvalue weighted by Gasteiger charge is 2.26. The number of hydrogen-bond acceptors (Lipinski definition) is 6. The molecule has 1 aromatic heterocycles. The van der Waals surface area contributed by atoms with Gasteiger partial charge in [-0.2, -0.15) is 4.98 Å². The van der Waals surface area contributed by atoms with Crippen molar-refractivity contribution in [1.29, 1.82) is 0 Å². The molecule has 3 aromatic rings. The molecule has 0 bridgehead atoms. The van der Waals surface area contributed by atoms with Gasteiger partial charge in [-0.05, 0) is 31.9 Å². The van der Waals surface area contributed by atoms with Gasteiger partial charge in [-0.25, -0.2) is 8.42 Å². The minimum atomic E-state index is -3.67. The molecule has 1 amide bonds. The number of carbonyl (C=O) groups is 1. The van der Waals surface area contributed by atoms with Gasteiger partial charge in [-0.3, -0.25) is 9.10 Å². The van der Waals surface area contributed by atoms with Crippen LogP contribution in [0.3, 0.4) is 0 Å². The summed E-state index contributed by atoms with van der Waals surface area (Å²) >= 11 is 0. The average Bonchev–Trinajstić information content (AvgIpc) is 3.14. The van der Waals surface area contributed by atoms with Crippen LogP contribution in [-0.2, 0) is 21.4 Å². The zero-order valence-corrected chi connectivity index (χ0v) is 19.1. The second kappa shape index (κ2) is 8.89. The van der Waals surface area contributed by atoms with Gasteiger partial charge >= 0.3 is 0 Å². The molecule has 0 aliphatic carbocycles. The van der Waals surface area contributed by atoms with Gasteiger partial charge in [-0.15, -0.1) is 0 Å². The molecule has 0 spiro atoms. The highest BCUT2D eigenvalue weighted by molar-refractivity contribution is 7.92. The highest BCUT2D eigenvalue weighted by atomic mass is 32.2. The molecule has 0 atom stereocenters. The first-order valence-corrected chi connectivity index (χ1v) is 11.6. The van der Waals surface area contributed by atoms with E-state index in [1.807, 2.05) is 63.2 Å². The van der Waals surface area contributed by atoms with Crippen LogP contribution in [0.25, 0.3) is 11.4 Å². The second-order valence-corrected chi connectivity index (χ2v) is 9.55. The lowest BCUT2D eigenvalue weighted by molar-refractivity contribution is -0.129. The van der Waals surface area contributed by atoms with Gasteiger partial charge in [0.05, 0.1) is 18.5 Å². The third-order valence-corrected chi connectivity index (χ3v) is 5.97. The van der Waals surface area contributed by atoms with Gasteiger partial charge < -0.3 is 9.42 Å². The summed E-state index contributed by atoms with van der Waals surface area (Å²) < 4.78 is 31.4. The molecule has 0 aliphatic heterocycles. The fraction of sp³-hybridized carbons (Fsp3) is 0.318. The zero-order chi connectivity index (χ0) is 22.8. The SMILES string of the molecule is Cc1cc(C)c(N(CC(=O)N(C)Cc2nc(-c3ccccc3)no2)S(C)(=O)=O)c(C)c1. The van der Waals surface area contributed by atoms with E-state index >= 15 is 0 Å². The molecule has 0 radical (unpaired) electrons. The molecule has 0 saturated heterocycles. The van der Waals surface area contributed by atoms with Crippen molar-refractivity contribution in [2.75, 3.05) is 24.2 Å². The maximum Gasteiger partial charge on any atom is 0.246 e. The standard InChI is InChI=1S/C22H26N4O4S/c1-15-11-16(2)21(17(3)12-15)26(31(5,28)29)14-20(27)25(4)13-19-23-22(24-30-19)18-9-7-6-8-10-18/h6-12H,13-14H2,1-5H3. The smallest absolute Gasteiger partial charge is 0.246 e. The Morgan fingerprint density at radius 3 is 2.26 bits per heavy atom. The third kappa shape index (κ3) is 5.29. The molecule has 1 heterocycles. The molecule has 2 aromatic carbocycles. The fourth-order valence-electron chi connectivity index (χ4n) is 3.49. The number of anilines is 1. The summed E-state index contributed by atoms with van der Waals surface area (Å²) in [6.07, 6.45) is 1.10. The number of likely N-dealkylation sites (N-methyl/N-ethyl adjacent to an activating group) is 1. The molecule has 0 fully saturated rings. The van der Waals surface area contributed by atoms with E-state index in [1.54, 1.807) is 7.05 Å². The number of hydrogen-bond donors (Lipinski definition) is 0. The molecule has 9 heteroatoms. The number of nitrogens with zero attached hydrogens (tertiary/aromatic N) is 4. The summed E-state index contributed by atoms with van der Waals surface area (Å²) in [5.74, 6) is 0.313. The predicted octanol–water partition coefficient (Wildman–Crippen LogP) is 3.09. The molecule has 3 rings (SSSR count).